The third-order valence-electron chi connectivity index (χ3n) is 3.93. The number of amides is 2. The molecule has 23 heavy (non-hydrogen) atoms. The van der Waals surface area contributed by atoms with E-state index in [1.54, 1.807) is 11.1 Å². The normalized spacial score (nSPS) is 13.7. The molecule has 0 aromatic carbocycles. The Kier molecular flexibility index (Phi) is 6.50. The minimum atomic E-state index is -0.126. The average Bonchev–Trinajstić information content (AvgIpc) is 3.37. The molecule has 1 aromatic rings. The van der Waals surface area contributed by atoms with Crippen LogP contribution in [0.15, 0.2) is 12.4 Å². The molecule has 126 valence electrons. The van der Waals surface area contributed by atoms with Crippen LogP contribution in [0.4, 0.5) is 0 Å². The molecule has 0 aliphatic heterocycles. The van der Waals surface area contributed by atoms with Gasteiger partial charge in [0.2, 0.25) is 5.91 Å². The average molecular weight is 318 g/mol. The number of nitrogens with one attached hydrogen (secondary N) is 1. The van der Waals surface area contributed by atoms with Crippen LogP contribution in [0.2, 0.25) is 0 Å². The fraction of sp³-hybridized carbons (Fsp3) is 0.647. The second kappa shape index (κ2) is 8.60. The van der Waals surface area contributed by atoms with Gasteiger partial charge >= 0.3 is 0 Å². The molecule has 1 heterocycles. The summed E-state index contributed by atoms with van der Waals surface area (Å²) in [7, 11) is 0. The number of unbranched alkanes of at least 4 members (excludes halogenated alkanes) is 2. The molecule has 1 aliphatic carbocycles. The van der Waals surface area contributed by atoms with E-state index in [1.807, 2.05) is 6.92 Å². The summed E-state index contributed by atoms with van der Waals surface area (Å²) in [4.78, 5) is 34.5. The molecule has 1 saturated carbocycles. The van der Waals surface area contributed by atoms with E-state index >= 15 is 0 Å². The summed E-state index contributed by atoms with van der Waals surface area (Å²) in [5, 5.41) is 2.91. The van der Waals surface area contributed by atoms with Gasteiger partial charge < -0.3 is 10.2 Å². The van der Waals surface area contributed by atoms with Crippen molar-refractivity contribution in [1.82, 2.24) is 20.2 Å². The number of hydrogen-bond acceptors (Lipinski definition) is 4. The van der Waals surface area contributed by atoms with E-state index in [0.717, 1.165) is 37.8 Å². The molecule has 0 radical (unpaired) electrons. The first-order valence-corrected chi connectivity index (χ1v) is 8.48. The Bertz CT molecular complexity index is 526. The SMILES string of the molecule is CCCCCNC(=O)CCN(C(=O)c1cnc(C)cn1)C1CC1. The lowest BCUT2D eigenvalue weighted by Gasteiger charge is -2.21. The summed E-state index contributed by atoms with van der Waals surface area (Å²) in [5.41, 5.74) is 1.14. The highest BCUT2D eigenvalue weighted by Gasteiger charge is 2.33. The van der Waals surface area contributed by atoms with Crippen molar-refractivity contribution < 1.29 is 9.59 Å². The summed E-state index contributed by atoms with van der Waals surface area (Å²) < 4.78 is 0. The third kappa shape index (κ3) is 5.62. The van der Waals surface area contributed by atoms with Crippen LogP contribution in [0.5, 0.6) is 0 Å². The van der Waals surface area contributed by atoms with E-state index in [-0.39, 0.29) is 17.9 Å². The number of nitrogens with zero attached hydrogens (tertiary/aromatic N) is 3. The molecule has 1 fully saturated rings. The van der Waals surface area contributed by atoms with E-state index in [1.165, 1.54) is 6.20 Å². The van der Waals surface area contributed by atoms with Crippen molar-refractivity contribution in [2.75, 3.05) is 13.1 Å². The van der Waals surface area contributed by atoms with Gasteiger partial charge in [0.15, 0.2) is 0 Å². The lowest BCUT2D eigenvalue weighted by Crippen LogP contribution is -2.37. The Morgan fingerprint density at radius 1 is 1.26 bits per heavy atom. The fourth-order valence-electron chi connectivity index (χ4n) is 2.40. The van der Waals surface area contributed by atoms with Gasteiger partial charge in [0.1, 0.15) is 5.69 Å². The highest BCUT2D eigenvalue weighted by molar-refractivity contribution is 5.92. The number of aromatic nitrogens is 2. The van der Waals surface area contributed by atoms with E-state index in [2.05, 4.69) is 22.2 Å². The molecule has 0 bridgehead atoms. The highest BCUT2D eigenvalue weighted by atomic mass is 16.2. The quantitative estimate of drug-likeness (QED) is 0.707. The van der Waals surface area contributed by atoms with Crippen molar-refractivity contribution in [1.29, 1.82) is 0 Å². The maximum atomic E-state index is 12.5. The summed E-state index contributed by atoms with van der Waals surface area (Å²) in [6, 6.07) is 0.249. The fourth-order valence-corrected chi connectivity index (χ4v) is 2.40. The molecule has 2 rings (SSSR count). The van der Waals surface area contributed by atoms with Gasteiger partial charge in [-0.15, -0.1) is 0 Å². The zero-order chi connectivity index (χ0) is 16.7. The molecular weight excluding hydrogens is 292 g/mol. The number of aryl methyl sites for hydroxylation is 1. The van der Waals surface area contributed by atoms with Crippen molar-refractivity contribution in [3.8, 4) is 0 Å². The van der Waals surface area contributed by atoms with Gasteiger partial charge in [0.25, 0.3) is 5.91 Å². The van der Waals surface area contributed by atoms with Crippen LogP contribution in [0, 0.1) is 6.92 Å². The number of carbonyl (C=O) groups is 2. The summed E-state index contributed by atoms with van der Waals surface area (Å²) in [5.74, 6) is -0.117. The van der Waals surface area contributed by atoms with Crippen molar-refractivity contribution in [2.24, 2.45) is 0 Å². The van der Waals surface area contributed by atoms with Gasteiger partial charge in [0, 0.05) is 31.7 Å². The smallest absolute Gasteiger partial charge is 0.274 e. The summed E-state index contributed by atoms with van der Waals surface area (Å²) >= 11 is 0. The third-order valence-corrected chi connectivity index (χ3v) is 3.93. The lowest BCUT2D eigenvalue weighted by atomic mass is 10.2. The van der Waals surface area contributed by atoms with Crippen LogP contribution >= 0.6 is 0 Å². The van der Waals surface area contributed by atoms with Crippen LogP contribution in [-0.2, 0) is 4.79 Å². The largest absolute Gasteiger partial charge is 0.356 e. The van der Waals surface area contributed by atoms with E-state index in [0.29, 0.717) is 25.2 Å². The van der Waals surface area contributed by atoms with Crippen molar-refractivity contribution in [2.45, 2.75) is 58.4 Å². The summed E-state index contributed by atoms with van der Waals surface area (Å²) in [6.45, 7) is 5.13. The molecule has 0 atom stereocenters. The molecule has 1 aromatic heterocycles. The Balaban J connectivity index is 1.83. The predicted molar refractivity (Wildman–Crippen MR) is 88.0 cm³/mol. The molecule has 6 nitrogen and oxygen atoms in total. The Hall–Kier alpha value is -1.98. The zero-order valence-corrected chi connectivity index (χ0v) is 14.0. The van der Waals surface area contributed by atoms with Crippen LogP contribution in [-0.4, -0.2) is 45.8 Å². The predicted octanol–water partition coefficient (Wildman–Crippen LogP) is 2.09. The molecule has 0 unspecified atom stereocenters. The lowest BCUT2D eigenvalue weighted by molar-refractivity contribution is -0.121. The maximum Gasteiger partial charge on any atom is 0.274 e. The molecule has 0 saturated heterocycles. The Morgan fingerprint density at radius 3 is 2.65 bits per heavy atom. The molecule has 0 spiro atoms. The number of carbonyl (C=O) groups excluding carboxylic acids is 2. The minimum Gasteiger partial charge on any atom is -0.356 e. The molecule has 6 heteroatoms. The molecule has 1 aliphatic rings. The number of hydrogen-bond donors (Lipinski definition) is 1. The first kappa shape index (κ1) is 17.4. The van der Waals surface area contributed by atoms with Crippen LogP contribution in [0.1, 0.15) is 61.6 Å². The van der Waals surface area contributed by atoms with Gasteiger partial charge in [-0.05, 0) is 26.2 Å². The van der Waals surface area contributed by atoms with E-state index in [9.17, 15) is 9.59 Å². The Labute approximate surface area is 137 Å². The van der Waals surface area contributed by atoms with E-state index in [4.69, 9.17) is 0 Å². The van der Waals surface area contributed by atoms with Gasteiger partial charge in [-0.25, -0.2) is 4.98 Å². The van der Waals surface area contributed by atoms with Crippen molar-refractivity contribution in [3.05, 3.63) is 23.8 Å². The first-order chi connectivity index (χ1) is 11.1. The Morgan fingerprint density at radius 2 is 2.04 bits per heavy atom. The van der Waals surface area contributed by atoms with Gasteiger partial charge in [0.05, 0.1) is 11.9 Å². The molecule has 2 amide bonds. The van der Waals surface area contributed by atoms with Gasteiger partial charge in [-0.2, -0.15) is 0 Å². The highest BCUT2D eigenvalue weighted by Crippen LogP contribution is 2.28. The van der Waals surface area contributed by atoms with Crippen LogP contribution < -0.4 is 5.32 Å². The zero-order valence-electron chi connectivity index (χ0n) is 14.0. The van der Waals surface area contributed by atoms with Gasteiger partial charge in [-0.1, -0.05) is 19.8 Å². The molecular formula is C17H26N4O2. The standard InChI is InChI=1S/C17H26N4O2/c1-3-4-5-9-18-16(22)8-10-21(14-6-7-14)17(23)15-12-19-13(2)11-20-15/h11-12,14H,3-10H2,1-2H3,(H,18,22). The van der Waals surface area contributed by atoms with E-state index < -0.39 is 0 Å². The molecule has 1 N–H and O–H groups in total. The van der Waals surface area contributed by atoms with Gasteiger partial charge in [-0.3, -0.25) is 14.6 Å². The summed E-state index contributed by atoms with van der Waals surface area (Å²) in [6.07, 6.45) is 8.72. The van der Waals surface area contributed by atoms with Crippen LogP contribution in [0.25, 0.3) is 0 Å². The monoisotopic (exact) mass is 318 g/mol. The second-order valence-electron chi connectivity index (χ2n) is 6.08. The topological polar surface area (TPSA) is 75.2 Å². The minimum absolute atomic E-state index is 0.00884. The van der Waals surface area contributed by atoms with Crippen molar-refractivity contribution in [3.63, 3.8) is 0 Å². The number of rotatable bonds is 9. The van der Waals surface area contributed by atoms with Crippen LogP contribution in [0.3, 0.4) is 0 Å². The van der Waals surface area contributed by atoms with Crippen molar-refractivity contribution >= 4 is 11.8 Å². The maximum absolute atomic E-state index is 12.5. The first-order valence-electron chi connectivity index (χ1n) is 8.48. The second-order valence-corrected chi connectivity index (χ2v) is 6.08.